The fraction of sp³-hybridized carbons (Fsp3) is 0.500. The van der Waals surface area contributed by atoms with Crippen LogP contribution < -0.4 is 5.32 Å². The van der Waals surface area contributed by atoms with Crippen LogP contribution >= 0.6 is 15.9 Å². The second kappa shape index (κ2) is 6.48. The Bertz CT molecular complexity index is 465. The quantitative estimate of drug-likeness (QED) is 0.841. The van der Waals surface area contributed by atoms with E-state index < -0.39 is 17.3 Å². The Morgan fingerprint density at radius 3 is 2.68 bits per heavy atom. The molecule has 0 heterocycles. The Morgan fingerprint density at radius 2 is 2.16 bits per heavy atom. The minimum atomic E-state index is -1.21. The summed E-state index contributed by atoms with van der Waals surface area (Å²) in [7, 11) is 0. The Morgan fingerprint density at radius 1 is 1.53 bits per heavy atom. The molecule has 0 aliphatic heterocycles. The third-order valence-electron chi connectivity index (χ3n) is 2.73. The number of carbonyl (C=O) groups excluding carboxylic acids is 1. The number of hydrogen-bond acceptors (Lipinski definition) is 3. The molecule has 0 amide bonds. The first kappa shape index (κ1) is 16.1. The zero-order valence-corrected chi connectivity index (χ0v) is 13.2. The van der Waals surface area contributed by atoms with Crippen molar-refractivity contribution in [2.45, 2.75) is 39.3 Å². The molecule has 0 radical (unpaired) electrons. The van der Waals surface area contributed by atoms with Crippen LogP contribution in [0.15, 0.2) is 22.7 Å². The van der Waals surface area contributed by atoms with Crippen LogP contribution in [0.25, 0.3) is 0 Å². The van der Waals surface area contributed by atoms with E-state index in [9.17, 15) is 9.18 Å². The molecule has 1 aromatic rings. The Balaban J connectivity index is 3.29. The highest BCUT2D eigenvalue weighted by molar-refractivity contribution is 9.10. The topological polar surface area (TPSA) is 38.3 Å². The lowest BCUT2D eigenvalue weighted by Gasteiger charge is -2.31. The summed E-state index contributed by atoms with van der Waals surface area (Å²) in [5, 5.41) is 3.09. The van der Waals surface area contributed by atoms with Gasteiger partial charge in [-0.2, -0.15) is 0 Å². The van der Waals surface area contributed by atoms with Gasteiger partial charge in [-0.15, -0.1) is 0 Å². The smallest absolute Gasteiger partial charge is 0.330 e. The van der Waals surface area contributed by atoms with Crippen molar-refractivity contribution in [3.05, 3.63) is 34.1 Å². The summed E-state index contributed by atoms with van der Waals surface area (Å²) in [5.41, 5.74) is -0.938. The largest absolute Gasteiger partial charge is 0.464 e. The average molecular weight is 332 g/mol. The van der Waals surface area contributed by atoms with Gasteiger partial charge in [0.25, 0.3) is 0 Å². The first-order valence-electron chi connectivity index (χ1n) is 6.21. The van der Waals surface area contributed by atoms with Crippen molar-refractivity contribution >= 4 is 21.9 Å². The van der Waals surface area contributed by atoms with Crippen molar-refractivity contribution in [1.29, 1.82) is 0 Å². The molecule has 19 heavy (non-hydrogen) atoms. The maximum atomic E-state index is 14.0. The van der Waals surface area contributed by atoms with Gasteiger partial charge in [-0.25, -0.2) is 9.18 Å². The van der Waals surface area contributed by atoms with E-state index in [0.29, 0.717) is 4.47 Å². The van der Waals surface area contributed by atoms with Gasteiger partial charge in [-0.1, -0.05) is 15.9 Å². The number of rotatable bonds is 5. The van der Waals surface area contributed by atoms with Crippen molar-refractivity contribution in [2.75, 3.05) is 6.61 Å². The molecule has 0 saturated heterocycles. The minimum absolute atomic E-state index is 0.00721. The van der Waals surface area contributed by atoms with Crippen molar-refractivity contribution in [2.24, 2.45) is 0 Å². The van der Waals surface area contributed by atoms with Gasteiger partial charge in [0.1, 0.15) is 11.4 Å². The van der Waals surface area contributed by atoms with E-state index in [4.69, 9.17) is 4.74 Å². The van der Waals surface area contributed by atoms with E-state index in [0.717, 1.165) is 0 Å². The summed E-state index contributed by atoms with van der Waals surface area (Å²) >= 11 is 3.30. The van der Waals surface area contributed by atoms with Gasteiger partial charge >= 0.3 is 5.97 Å². The van der Waals surface area contributed by atoms with Crippen LogP contribution in [0, 0.1) is 5.82 Å². The van der Waals surface area contributed by atoms with Gasteiger partial charge in [-0.3, -0.25) is 5.32 Å². The van der Waals surface area contributed by atoms with Crippen molar-refractivity contribution in [3.8, 4) is 0 Å². The second-order valence-corrected chi connectivity index (χ2v) is 5.68. The average Bonchev–Trinajstić information content (AvgIpc) is 2.31. The molecule has 106 valence electrons. The molecule has 0 aliphatic rings. The van der Waals surface area contributed by atoms with Crippen LogP contribution in [0.2, 0.25) is 0 Å². The monoisotopic (exact) mass is 331 g/mol. The van der Waals surface area contributed by atoms with Crippen LogP contribution in [0.3, 0.4) is 0 Å². The summed E-state index contributed by atoms with van der Waals surface area (Å²) < 4.78 is 19.8. The lowest BCUT2D eigenvalue weighted by atomic mass is 9.90. The summed E-state index contributed by atoms with van der Waals surface area (Å²) in [5.74, 6) is -0.924. The van der Waals surface area contributed by atoms with Gasteiger partial charge in [0.2, 0.25) is 0 Å². The molecule has 1 unspecified atom stereocenters. The molecule has 0 spiro atoms. The third-order valence-corrected chi connectivity index (χ3v) is 3.22. The van der Waals surface area contributed by atoms with Crippen molar-refractivity contribution in [3.63, 3.8) is 0 Å². The maximum Gasteiger partial charge on any atom is 0.330 e. The molecule has 1 N–H and O–H groups in total. The minimum Gasteiger partial charge on any atom is -0.464 e. The zero-order valence-electron chi connectivity index (χ0n) is 11.6. The molecular formula is C14H19BrFNO2. The molecule has 1 atom stereocenters. The summed E-state index contributed by atoms with van der Waals surface area (Å²) in [6, 6.07) is 4.54. The molecule has 0 aliphatic carbocycles. The van der Waals surface area contributed by atoms with Gasteiger partial charge in [0, 0.05) is 16.1 Å². The summed E-state index contributed by atoms with van der Waals surface area (Å²) in [6.45, 7) is 7.41. The number of hydrogen-bond donors (Lipinski definition) is 1. The second-order valence-electron chi connectivity index (χ2n) is 4.77. The van der Waals surface area contributed by atoms with Gasteiger partial charge in [-0.05, 0) is 45.9 Å². The normalized spacial score (nSPS) is 14.3. The number of ether oxygens (including phenoxy) is 1. The number of nitrogens with one attached hydrogen (secondary N) is 1. The lowest BCUT2D eigenvalue weighted by Crippen LogP contribution is -2.51. The Hall–Kier alpha value is -0.940. The summed E-state index contributed by atoms with van der Waals surface area (Å²) in [6.07, 6.45) is 0. The Kier molecular flexibility index (Phi) is 5.50. The molecule has 0 saturated carbocycles. The maximum absolute atomic E-state index is 14.0. The Labute approximate surface area is 121 Å². The van der Waals surface area contributed by atoms with E-state index in [2.05, 4.69) is 21.2 Å². The highest BCUT2D eigenvalue weighted by Crippen LogP contribution is 2.28. The predicted octanol–water partition coefficient (Wildman–Crippen LogP) is 3.36. The number of esters is 1. The molecule has 0 aromatic heterocycles. The molecular weight excluding hydrogens is 313 g/mol. The predicted molar refractivity (Wildman–Crippen MR) is 76.4 cm³/mol. The van der Waals surface area contributed by atoms with E-state index >= 15 is 0 Å². The lowest BCUT2D eigenvalue weighted by molar-refractivity contribution is -0.151. The SMILES string of the molecule is CCOC(=O)C(C)(NC(C)C)c1cc(Br)ccc1F. The van der Waals surface area contributed by atoms with E-state index in [1.165, 1.54) is 6.07 Å². The van der Waals surface area contributed by atoms with Gasteiger partial charge in [0.05, 0.1) is 6.61 Å². The number of halogens is 2. The van der Waals surface area contributed by atoms with E-state index in [1.807, 2.05) is 13.8 Å². The highest BCUT2D eigenvalue weighted by Gasteiger charge is 2.39. The molecule has 1 aromatic carbocycles. The number of benzene rings is 1. The number of carbonyl (C=O) groups is 1. The van der Waals surface area contributed by atoms with Crippen LogP contribution in [0.5, 0.6) is 0 Å². The molecule has 5 heteroatoms. The fourth-order valence-corrected chi connectivity index (χ4v) is 2.34. The third kappa shape index (κ3) is 3.76. The first-order valence-corrected chi connectivity index (χ1v) is 7.01. The fourth-order valence-electron chi connectivity index (χ4n) is 1.98. The van der Waals surface area contributed by atoms with Crippen molar-refractivity contribution < 1.29 is 13.9 Å². The zero-order chi connectivity index (χ0) is 14.6. The molecule has 1 rings (SSSR count). The van der Waals surface area contributed by atoms with Crippen LogP contribution in [-0.4, -0.2) is 18.6 Å². The van der Waals surface area contributed by atoms with Crippen LogP contribution in [0.1, 0.15) is 33.3 Å². The first-order chi connectivity index (χ1) is 8.81. The van der Waals surface area contributed by atoms with Crippen molar-refractivity contribution in [1.82, 2.24) is 5.32 Å². The molecule has 3 nitrogen and oxygen atoms in total. The van der Waals surface area contributed by atoms with E-state index in [-0.39, 0.29) is 18.2 Å². The highest BCUT2D eigenvalue weighted by atomic mass is 79.9. The van der Waals surface area contributed by atoms with Gasteiger partial charge in [0.15, 0.2) is 0 Å². The standard InChI is InChI=1S/C14H19BrFNO2/c1-5-19-13(18)14(4,17-9(2)3)11-8-10(15)6-7-12(11)16/h6-9,17H,5H2,1-4H3. The molecule has 0 bridgehead atoms. The van der Waals surface area contributed by atoms with Crippen LogP contribution in [-0.2, 0) is 15.1 Å². The molecule has 0 fully saturated rings. The van der Waals surface area contributed by atoms with Gasteiger partial charge < -0.3 is 4.74 Å². The van der Waals surface area contributed by atoms with Crippen LogP contribution in [0.4, 0.5) is 4.39 Å². The van der Waals surface area contributed by atoms with E-state index in [1.54, 1.807) is 26.0 Å². The summed E-state index contributed by atoms with van der Waals surface area (Å²) in [4.78, 5) is 12.2.